The summed E-state index contributed by atoms with van der Waals surface area (Å²) in [7, 11) is -3.59. The van der Waals surface area contributed by atoms with Crippen molar-refractivity contribution >= 4 is 16.2 Å². The minimum Gasteiger partial charge on any atom is -0.199 e. The number of hydrogen-bond acceptors (Lipinski definition) is 2. The van der Waals surface area contributed by atoms with E-state index in [1.165, 1.54) is 5.57 Å². The van der Waals surface area contributed by atoms with Crippen LogP contribution in [-0.2, 0) is 10.0 Å². The molecule has 0 N–H and O–H groups in total. The largest absolute Gasteiger partial charge is 0.281 e. The van der Waals surface area contributed by atoms with Crippen molar-refractivity contribution in [2.75, 3.05) is 0 Å². The molecule has 4 heteroatoms. The Labute approximate surface area is 127 Å². The molecular weight excluding hydrogens is 282 g/mol. The van der Waals surface area contributed by atoms with Crippen LogP contribution in [0.4, 0.5) is 0 Å². The fourth-order valence-corrected chi connectivity index (χ4v) is 3.49. The molecule has 2 atom stereocenters. The van der Waals surface area contributed by atoms with Crippen molar-refractivity contribution in [2.45, 2.75) is 39.5 Å². The van der Waals surface area contributed by atoms with Crippen LogP contribution in [0.15, 0.2) is 45.2 Å². The summed E-state index contributed by atoms with van der Waals surface area (Å²) in [6.07, 6.45) is 3.81. The highest BCUT2D eigenvalue weighted by atomic mass is 32.2. The summed E-state index contributed by atoms with van der Waals surface area (Å²) >= 11 is 0. The van der Waals surface area contributed by atoms with E-state index < -0.39 is 10.0 Å². The van der Waals surface area contributed by atoms with Gasteiger partial charge in [-0.1, -0.05) is 43.2 Å². The molecule has 114 valence electrons. The fraction of sp³-hybridized carbons (Fsp3) is 0.471. The van der Waals surface area contributed by atoms with Crippen LogP contribution in [0.2, 0.25) is 0 Å². The van der Waals surface area contributed by atoms with Crippen molar-refractivity contribution in [2.24, 2.45) is 21.6 Å². The second-order valence-electron chi connectivity index (χ2n) is 6.66. The van der Waals surface area contributed by atoms with Crippen LogP contribution in [0.3, 0.4) is 0 Å². The Bertz CT molecular complexity index is 678. The van der Waals surface area contributed by atoms with Gasteiger partial charge in [-0.05, 0) is 44.2 Å². The molecule has 0 saturated heterocycles. The molecule has 2 rings (SSSR count). The Balaban J connectivity index is 2.18. The van der Waals surface area contributed by atoms with E-state index in [0.29, 0.717) is 5.92 Å². The van der Waals surface area contributed by atoms with Crippen LogP contribution >= 0.6 is 0 Å². The first-order valence-corrected chi connectivity index (χ1v) is 8.61. The quantitative estimate of drug-likeness (QED) is 0.623. The molecule has 1 aliphatic carbocycles. The zero-order chi connectivity index (χ0) is 15.8. The average Bonchev–Trinajstić information content (AvgIpc) is 2.87. The van der Waals surface area contributed by atoms with Gasteiger partial charge >= 0.3 is 0 Å². The molecule has 0 radical (unpaired) electrons. The Kier molecular flexibility index (Phi) is 4.11. The van der Waals surface area contributed by atoms with Crippen molar-refractivity contribution in [1.82, 2.24) is 0 Å². The molecule has 0 aliphatic heterocycles. The van der Waals surface area contributed by atoms with Crippen molar-refractivity contribution < 1.29 is 8.42 Å². The Morgan fingerprint density at radius 2 is 1.71 bits per heavy atom. The van der Waals surface area contributed by atoms with E-state index >= 15 is 0 Å². The van der Waals surface area contributed by atoms with Gasteiger partial charge in [-0.25, -0.2) is 0 Å². The van der Waals surface area contributed by atoms with Gasteiger partial charge in [-0.2, -0.15) is 12.8 Å². The molecule has 1 aliphatic rings. The lowest BCUT2D eigenvalue weighted by Crippen LogP contribution is -1.99. The molecule has 3 nitrogen and oxygen atoms in total. The van der Waals surface area contributed by atoms with Crippen molar-refractivity contribution in [1.29, 1.82) is 0 Å². The second-order valence-corrected chi connectivity index (χ2v) is 8.29. The summed E-state index contributed by atoms with van der Waals surface area (Å²) in [5.74, 6) is 0.562. The van der Waals surface area contributed by atoms with Gasteiger partial charge in [0.2, 0.25) is 0 Å². The number of benzene rings is 1. The molecule has 21 heavy (non-hydrogen) atoms. The van der Waals surface area contributed by atoms with Gasteiger partial charge in [0.15, 0.2) is 0 Å². The maximum Gasteiger partial charge on any atom is 0.281 e. The molecular formula is C17H23NO2S. The van der Waals surface area contributed by atoms with E-state index in [2.05, 4.69) is 38.2 Å². The third-order valence-corrected chi connectivity index (χ3v) is 5.46. The molecule has 1 fully saturated rings. The molecule has 1 aromatic carbocycles. The normalized spacial score (nSPS) is 24.0. The van der Waals surface area contributed by atoms with Crippen molar-refractivity contribution in [3.8, 4) is 0 Å². The van der Waals surface area contributed by atoms with Crippen LogP contribution < -0.4 is 0 Å². The van der Waals surface area contributed by atoms with Gasteiger partial charge in [-0.15, -0.1) is 0 Å². The van der Waals surface area contributed by atoms with Crippen LogP contribution in [0.25, 0.3) is 0 Å². The first-order valence-electron chi connectivity index (χ1n) is 7.17. The van der Waals surface area contributed by atoms with E-state index in [9.17, 15) is 8.42 Å². The molecule has 0 heterocycles. The average molecular weight is 305 g/mol. The zero-order valence-corrected chi connectivity index (χ0v) is 14.1. The zero-order valence-electron chi connectivity index (χ0n) is 13.3. The minimum absolute atomic E-state index is 0.0869. The molecule has 0 spiro atoms. The monoisotopic (exact) mass is 305 g/mol. The molecule has 1 saturated carbocycles. The highest BCUT2D eigenvalue weighted by Gasteiger charge is 2.55. The lowest BCUT2D eigenvalue weighted by molar-refractivity contribution is 0.592. The lowest BCUT2D eigenvalue weighted by atomic mass is 10.1. The predicted molar refractivity (Wildman–Crippen MR) is 87.0 cm³/mol. The second kappa shape index (κ2) is 5.41. The van der Waals surface area contributed by atoms with E-state index in [1.54, 1.807) is 30.5 Å². The van der Waals surface area contributed by atoms with Gasteiger partial charge in [0.1, 0.15) is 0 Å². The predicted octanol–water partition coefficient (Wildman–Crippen LogP) is 3.99. The summed E-state index contributed by atoms with van der Waals surface area (Å²) in [5.41, 5.74) is 2.37. The Morgan fingerprint density at radius 3 is 2.24 bits per heavy atom. The fourth-order valence-electron chi connectivity index (χ4n) is 2.60. The highest BCUT2D eigenvalue weighted by Crippen LogP contribution is 2.58. The maximum atomic E-state index is 12.2. The van der Waals surface area contributed by atoms with Crippen LogP contribution in [0, 0.1) is 24.2 Å². The number of aryl methyl sites for hydroxylation is 1. The van der Waals surface area contributed by atoms with Crippen LogP contribution in [0.5, 0.6) is 0 Å². The van der Waals surface area contributed by atoms with Crippen LogP contribution in [0.1, 0.15) is 33.3 Å². The first-order chi connectivity index (χ1) is 9.64. The van der Waals surface area contributed by atoms with Gasteiger partial charge in [0.25, 0.3) is 10.0 Å². The smallest absolute Gasteiger partial charge is 0.199 e. The van der Waals surface area contributed by atoms with E-state index in [0.717, 1.165) is 5.56 Å². The molecule has 1 aromatic rings. The number of sulfonamides is 1. The Hall–Kier alpha value is -1.42. The van der Waals surface area contributed by atoms with E-state index in [1.807, 2.05) is 6.92 Å². The van der Waals surface area contributed by atoms with E-state index in [-0.39, 0.29) is 16.2 Å². The minimum atomic E-state index is -3.59. The van der Waals surface area contributed by atoms with Gasteiger partial charge in [0, 0.05) is 12.1 Å². The maximum absolute atomic E-state index is 12.2. The van der Waals surface area contributed by atoms with Gasteiger partial charge in [-0.3, -0.25) is 0 Å². The summed E-state index contributed by atoms with van der Waals surface area (Å²) in [6, 6.07) is 6.78. The Morgan fingerprint density at radius 1 is 1.14 bits per heavy atom. The molecule has 0 unspecified atom stereocenters. The van der Waals surface area contributed by atoms with Gasteiger partial charge < -0.3 is 0 Å². The third-order valence-electron chi connectivity index (χ3n) is 4.19. The first kappa shape index (κ1) is 16.0. The van der Waals surface area contributed by atoms with E-state index in [4.69, 9.17) is 0 Å². The number of nitrogens with zero attached hydrogens (tertiary/aromatic N) is 1. The third kappa shape index (κ3) is 3.43. The van der Waals surface area contributed by atoms with Gasteiger partial charge in [0.05, 0.1) is 4.90 Å². The van der Waals surface area contributed by atoms with Crippen LogP contribution in [-0.4, -0.2) is 14.6 Å². The topological polar surface area (TPSA) is 46.5 Å². The summed E-state index contributed by atoms with van der Waals surface area (Å²) in [6.45, 7) is 10.3. The molecule has 0 amide bonds. The molecule has 0 bridgehead atoms. The molecule has 0 aromatic heterocycles. The SMILES string of the molecule is CC(C)=C[C@H]1[C@H](/C=N/S(=O)(=O)c2ccc(C)cc2)C1(C)C. The number of allylic oxidation sites excluding steroid dienone is 2. The van der Waals surface area contributed by atoms with Crippen molar-refractivity contribution in [3.05, 3.63) is 41.5 Å². The number of rotatable bonds is 4. The van der Waals surface area contributed by atoms with Crippen molar-refractivity contribution in [3.63, 3.8) is 0 Å². The lowest BCUT2D eigenvalue weighted by Gasteiger charge is -1.99. The summed E-state index contributed by atoms with van der Waals surface area (Å²) in [5, 5.41) is 0. The number of hydrogen-bond donors (Lipinski definition) is 0. The standard InChI is InChI=1S/C17H23NO2S/c1-12(2)10-15-16(17(15,4)5)11-18-21(19,20)14-8-6-13(3)7-9-14/h6-11,15-16H,1-5H3/b18-11+/t15-,16-/m0/s1. The highest BCUT2D eigenvalue weighted by molar-refractivity contribution is 7.90. The summed E-state index contributed by atoms with van der Waals surface area (Å²) < 4.78 is 28.3. The summed E-state index contributed by atoms with van der Waals surface area (Å²) in [4.78, 5) is 0.251.